The van der Waals surface area contributed by atoms with Gasteiger partial charge >= 0.3 is 0 Å². The number of nitrogens with one attached hydrogen (secondary N) is 2. The second kappa shape index (κ2) is 6.60. The summed E-state index contributed by atoms with van der Waals surface area (Å²) in [7, 11) is 0. The summed E-state index contributed by atoms with van der Waals surface area (Å²) in [5, 5.41) is 7.85. The summed E-state index contributed by atoms with van der Waals surface area (Å²) in [6.45, 7) is 5.03. The van der Waals surface area contributed by atoms with Crippen LogP contribution in [-0.2, 0) is 0 Å². The van der Waals surface area contributed by atoms with E-state index in [-0.39, 0.29) is 0 Å². The second-order valence-electron chi connectivity index (χ2n) is 5.72. The van der Waals surface area contributed by atoms with Crippen molar-refractivity contribution in [3.8, 4) is 0 Å². The first-order valence-electron chi connectivity index (χ1n) is 7.66. The highest BCUT2D eigenvalue weighted by Crippen LogP contribution is 2.23. The molecule has 0 spiro atoms. The van der Waals surface area contributed by atoms with Crippen LogP contribution >= 0.6 is 0 Å². The molecule has 1 aliphatic rings. The Balaban J connectivity index is 1.78. The molecule has 0 aliphatic heterocycles. The lowest BCUT2D eigenvalue weighted by Crippen LogP contribution is -2.11. The van der Waals surface area contributed by atoms with E-state index in [0.717, 1.165) is 35.4 Å². The van der Waals surface area contributed by atoms with E-state index in [1.807, 2.05) is 0 Å². The number of anilines is 2. The van der Waals surface area contributed by atoms with Gasteiger partial charge in [-0.1, -0.05) is 18.2 Å². The van der Waals surface area contributed by atoms with Crippen LogP contribution in [0.5, 0.6) is 0 Å². The van der Waals surface area contributed by atoms with E-state index in [1.165, 1.54) is 5.57 Å². The van der Waals surface area contributed by atoms with E-state index in [1.54, 1.807) is 6.33 Å². The van der Waals surface area contributed by atoms with Crippen molar-refractivity contribution < 1.29 is 0 Å². The third-order valence-corrected chi connectivity index (χ3v) is 3.49. The van der Waals surface area contributed by atoms with Gasteiger partial charge in [-0.05, 0) is 50.5 Å². The average molecular weight is 293 g/mol. The normalized spacial score (nSPS) is 14.2. The number of aromatic nitrogens is 2. The number of rotatable bonds is 5. The van der Waals surface area contributed by atoms with Crippen LogP contribution in [0.25, 0.3) is 10.9 Å². The summed E-state index contributed by atoms with van der Waals surface area (Å²) < 4.78 is 0. The van der Waals surface area contributed by atoms with Crippen LogP contribution in [-0.4, -0.2) is 22.6 Å². The quantitative estimate of drug-likeness (QED) is 0.876. The third-order valence-electron chi connectivity index (χ3n) is 3.49. The molecule has 113 valence electrons. The van der Waals surface area contributed by atoms with Crippen molar-refractivity contribution >= 4 is 22.4 Å². The zero-order valence-corrected chi connectivity index (χ0v) is 13.0. The number of hydrogen-bond acceptors (Lipinski definition) is 4. The Bertz CT molecular complexity index is 716. The first-order chi connectivity index (χ1) is 10.7. The highest BCUT2D eigenvalue weighted by molar-refractivity contribution is 5.91. The first-order valence-corrected chi connectivity index (χ1v) is 7.66. The monoisotopic (exact) mass is 293 g/mol. The van der Waals surface area contributed by atoms with Gasteiger partial charge in [0.1, 0.15) is 12.1 Å². The molecule has 1 aliphatic carbocycles. The van der Waals surface area contributed by atoms with Crippen molar-refractivity contribution in [2.45, 2.75) is 26.3 Å². The van der Waals surface area contributed by atoms with Gasteiger partial charge in [-0.15, -0.1) is 0 Å². The molecule has 0 saturated heterocycles. The molecule has 0 saturated carbocycles. The summed E-state index contributed by atoms with van der Waals surface area (Å²) in [6, 6.07) is 6.56. The zero-order valence-electron chi connectivity index (χ0n) is 13.0. The summed E-state index contributed by atoms with van der Waals surface area (Å²) in [5.41, 5.74) is 3.31. The number of nitrogens with zero attached hydrogens (tertiary/aromatic N) is 2. The number of hydrogen-bond donors (Lipinski definition) is 2. The van der Waals surface area contributed by atoms with Crippen LogP contribution in [0.3, 0.4) is 0 Å². The van der Waals surface area contributed by atoms with Gasteiger partial charge in [-0.25, -0.2) is 9.97 Å². The summed E-state index contributed by atoms with van der Waals surface area (Å²) in [4.78, 5) is 8.71. The molecule has 1 heterocycles. The van der Waals surface area contributed by atoms with Crippen LogP contribution < -0.4 is 10.6 Å². The lowest BCUT2D eigenvalue weighted by molar-refractivity contribution is 0.890. The number of allylic oxidation sites excluding steroid dienone is 2. The molecule has 0 fully saturated rings. The minimum atomic E-state index is 0.345. The van der Waals surface area contributed by atoms with Crippen LogP contribution in [0.15, 0.2) is 48.3 Å². The van der Waals surface area contributed by atoms with Gasteiger partial charge in [-0.3, -0.25) is 0 Å². The Kier molecular flexibility index (Phi) is 4.37. The lowest BCUT2D eigenvalue weighted by atomic mass is 10.1. The molecular formula is C18H21N4. The predicted molar refractivity (Wildman–Crippen MR) is 92.9 cm³/mol. The summed E-state index contributed by atoms with van der Waals surface area (Å²) in [6.07, 6.45) is 11.3. The molecule has 4 heteroatoms. The molecule has 0 unspecified atom stereocenters. The maximum atomic E-state index is 4.38. The smallest absolute Gasteiger partial charge is 0.137 e. The van der Waals surface area contributed by atoms with E-state index < -0.39 is 0 Å². The highest BCUT2D eigenvalue weighted by atomic mass is 15.0. The van der Waals surface area contributed by atoms with Crippen LogP contribution in [0.4, 0.5) is 11.5 Å². The van der Waals surface area contributed by atoms with Crippen molar-refractivity contribution in [2.75, 3.05) is 17.2 Å². The van der Waals surface area contributed by atoms with E-state index in [9.17, 15) is 0 Å². The van der Waals surface area contributed by atoms with Gasteiger partial charge in [0.05, 0.1) is 5.52 Å². The van der Waals surface area contributed by atoms with Crippen molar-refractivity contribution in [1.29, 1.82) is 0 Å². The Labute approximate surface area is 131 Å². The van der Waals surface area contributed by atoms with Gasteiger partial charge in [0, 0.05) is 23.7 Å². The van der Waals surface area contributed by atoms with Gasteiger partial charge in [0.15, 0.2) is 0 Å². The minimum absolute atomic E-state index is 0.345. The first kappa shape index (κ1) is 14.6. The van der Waals surface area contributed by atoms with E-state index in [0.29, 0.717) is 6.04 Å². The molecule has 1 radical (unpaired) electrons. The molecule has 4 nitrogen and oxygen atoms in total. The number of fused-ring (bicyclic) bond motifs is 1. The fourth-order valence-electron chi connectivity index (χ4n) is 2.45. The zero-order chi connectivity index (χ0) is 15.4. The molecule has 0 bridgehead atoms. The Morgan fingerprint density at radius 3 is 2.91 bits per heavy atom. The fraction of sp³-hybridized carbons (Fsp3) is 0.278. The molecule has 3 rings (SSSR count). The molecule has 1 aromatic heterocycles. The Morgan fingerprint density at radius 2 is 2.14 bits per heavy atom. The third kappa shape index (κ3) is 3.45. The van der Waals surface area contributed by atoms with Crippen LogP contribution in [0.1, 0.15) is 20.3 Å². The molecule has 2 N–H and O–H groups in total. The van der Waals surface area contributed by atoms with E-state index in [4.69, 9.17) is 0 Å². The highest BCUT2D eigenvalue weighted by Gasteiger charge is 2.06. The SMILES string of the molecule is CC(C)Nc1ncnc2cc(NCC3=C[CH]CC=C3)ccc12. The number of benzene rings is 1. The molecule has 2 aromatic rings. The molecular weight excluding hydrogens is 272 g/mol. The Hall–Kier alpha value is -2.36. The topological polar surface area (TPSA) is 49.8 Å². The molecule has 0 atom stereocenters. The summed E-state index contributed by atoms with van der Waals surface area (Å²) >= 11 is 0. The van der Waals surface area contributed by atoms with Crippen LogP contribution in [0, 0.1) is 6.42 Å². The largest absolute Gasteiger partial charge is 0.381 e. The molecule has 1 aromatic carbocycles. The van der Waals surface area contributed by atoms with Gasteiger partial charge in [0.25, 0.3) is 0 Å². The van der Waals surface area contributed by atoms with Gasteiger partial charge in [-0.2, -0.15) is 0 Å². The standard InChI is InChI=1S/C18H21N4/c1-13(2)22-18-16-9-8-15(10-17(16)20-12-21-18)19-11-14-6-4-3-5-7-14/h4-10,12-13,19H,3,11H2,1-2H3,(H,20,21,22). The minimum Gasteiger partial charge on any atom is -0.381 e. The lowest BCUT2D eigenvalue weighted by Gasteiger charge is -2.13. The van der Waals surface area contributed by atoms with Crippen molar-refractivity contribution in [3.05, 3.63) is 54.7 Å². The van der Waals surface area contributed by atoms with Crippen molar-refractivity contribution in [2.24, 2.45) is 0 Å². The predicted octanol–water partition coefficient (Wildman–Crippen LogP) is 3.95. The second-order valence-corrected chi connectivity index (χ2v) is 5.72. The van der Waals surface area contributed by atoms with Crippen molar-refractivity contribution in [3.63, 3.8) is 0 Å². The fourth-order valence-corrected chi connectivity index (χ4v) is 2.45. The maximum Gasteiger partial charge on any atom is 0.137 e. The van der Waals surface area contributed by atoms with Gasteiger partial charge in [0.2, 0.25) is 0 Å². The summed E-state index contributed by atoms with van der Waals surface area (Å²) in [5.74, 6) is 0.888. The molecule has 22 heavy (non-hydrogen) atoms. The Morgan fingerprint density at radius 1 is 1.23 bits per heavy atom. The van der Waals surface area contributed by atoms with Crippen molar-refractivity contribution in [1.82, 2.24) is 9.97 Å². The van der Waals surface area contributed by atoms with E-state index in [2.05, 4.69) is 77.3 Å². The van der Waals surface area contributed by atoms with Gasteiger partial charge < -0.3 is 10.6 Å². The van der Waals surface area contributed by atoms with E-state index >= 15 is 0 Å². The molecule has 0 amide bonds. The average Bonchev–Trinajstić information content (AvgIpc) is 2.53. The maximum absolute atomic E-state index is 4.38. The van der Waals surface area contributed by atoms with Crippen LogP contribution in [0.2, 0.25) is 0 Å².